The standard InChI is InChI=1S/C36H30Cl2N12O8S2.2Na/c1-39-29(51)21-7-11-23(12-8-21)41-33-45-31(37)47-35(49-33)43-25-15-5-19(27(17-25)59(53,54)55)3-4-20-6-16-26(18-28(20)60(56,57)58)44-36-48-32(38)46-34(50-36)42-24-13-9-22(10-14-24)30(52)40-2;;/h3-18H,1-2H3,(H,39,51)(H,40,52)(H,53,54,55)(H,56,57,58)(H2,41,43,45,47,49)(H2,42,44,46,48,50);;/q;2*+1/p-2/b4-3+;;. The van der Waals surface area contributed by atoms with Crippen molar-refractivity contribution in [1.82, 2.24) is 40.5 Å². The Morgan fingerprint density at radius 2 is 0.790 bits per heavy atom. The Labute approximate surface area is 408 Å². The number of anilines is 8. The van der Waals surface area contributed by atoms with Crippen molar-refractivity contribution in [2.45, 2.75) is 9.79 Å². The summed E-state index contributed by atoms with van der Waals surface area (Å²) in [4.78, 5) is 46.7. The van der Waals surface area contributed by atoms with E-state index in [1.165, 1.54) is 38.4 Å². The molecule has 0 saturated carbocycles. The minimum Gasteiger partial charge on any atom is -0.744 e. The fourth-order valence-corrected chi connectivity index (χ4v) is 6.96. The molecule has 2 amide bonds. The van der Waals surface area contributed by atoms with Gasteiger partial charge in [-0.1, -0.05) is 24.3 Å². The fourth-order valence-electron chi connectivity index (χ4n) is 5.25. The third kappa shape index (κ3) is 13.3. The number of halogens is 2. The summed E-state index contributed by atoms with van der Waals surface area (Å²) in [7, 11) is -7.27. The maximum Gasteiger partial charge on any atom is 1.00 e. The Balaban J connectivity index is 0.00000422. The number of hydrogen-bond acceptors (Lipinski definition) is 18. The predicted molar refractivity (Wildman–Crippen MR) is 220 cm³/mol. The molecule has 20 nitrogen and oxygen atoms in total. The van der Waals surface area contributed by atoms with E-state index in [-0.39, 0.29) is 128 Å². The van der Waals surface area contributed by atoms with Crippen LogP contribution in [0.25, 0.3) is 12.2 Å². The minimum atomic E-state index is -5.14. The summed E-state index contributed by atoms with van der Waals surface area (Å²) in [5.41, 5.74) is 1.66. The van der Waals surface area contributed by atoms with E-state index in [0.29, 0.717) is 22.5 Å². The zero-order chi connectivity index (χ0) is 43.2. The topological polar surface area (TPSA) is 298 Å². The maximum absolute atomic E-state index is 12.4. The van der Waals surface area contributed by atoms with Gasteiger partial charge in [0.1, 0.15) is 20.2 Å². The molecule has 0 radical (unpaired) electrons. The first kappa shape index (κ1) is 49.8. The van der Waals surface area contributed by atoms with Crippen molar-refractivity contribution in [1.29, 1.82) is 0 Å². The maximum atomic E-state index is 12.4. The monoisotopic (exact) mass is 936 g/mol. The van der Waals surface area contributed by atoms with Crippen LogP contribution in [-0.4, -0.2) is 81.8 Å². The van der Waals surface area contributed by atoms with Crippen LogP contribution in [0.15, 0.2) is 94.7 Å². The van der Waals surface area contributed by atoms with Gasteiger partial charge in [0.15, 0.2) is 0 Å². The zero-order valence-corrected chi connectivity index (χ0v) is 39.9. The third-order valence-corrected chi connectivity index (χ3v) is 10.1. The summed E-state index contributed by atoms with van der Waals surface area (Å²) in [5.74, 6) is -0.827. The first-order chi connectivity index (χ1) is 28.5. The second-order valence-electron chi connectivity index (χ2n) is 12.1. The van der Waals surface area contributed by atoms with Crippen molar-refractivity contribution < 1.29 is 94.6 Å². The van der Waals surface area contributed by atoms with E-state index in [1.54, 1.807) is 48.5 Å². The fraction of sp³-hybridized carbons (Fsp3) is 0.0556. The molecule has 6 aromatic rings. The molecule has 0 bridgehead atoms. The average molecular weight is 938 g/mol. The van der Waals surface area contributed by atoms with Crippen molar-refractivity contribution in [2.24, 2.45) is 0 Å². The van der Waals surface area contributed by atoms with E-state index < -0.39 is 30.0 Å². The molecule has 0 aliphatic heterocycles. The number of carbonyl (C=O) groups is 2. The largest absolute Gasteiger partial charge is 1.00 e. The van der Waals surface area contributed by atoms with E-state index in [0.717, 1.165) is 24.3 Å². The van der Waals surface area contributed by atoms with Crippen molar-refractivity contribution >= 4 is 114 Å². The van der Waals surface area contributed by atoms with Crippen LogP contribution in [0.4, 0.5) is 46.5 Å². The van der Waals surface area contributed by atoms with Crippen LogP contribution in [0.3, 0.4) is 0 Å². The van der Waals surface area contributed by atoms with Gasteiger partial charge in [0.2, 0.25) is 34.4 Å². The molecule has 0 unspecified atom stereocenters. The number of amides is 2. The molecular weight excluding hydrogens is 909 g/mol. The SMILES string of the molecule is CNC(=O)c1ccc(Nc2nc(Cl)nc(Nc3ccc(/C=C/c4ccc(Nc5nc(Cl)nc(Nc6ccc(C(=O)NC)cc6)n5)cc4S(=O)(=O)[O-])c(S(=O)(=O)[O-])c3)n2)cc1.[Na+].[Na+]. The molecule has 26 heteroatoms. The van der Waals surface area contributed by atoms with Gasteiger partial charge < -0.3 is 41.0 Å². The number of nitrogens with one attached hydrogen (secondary N) is 6. The van der Waals surface area contributed by atoms with Crippen LogP contribution in [-0.2, 0) is 20.2 Å². The third-order valence-electron chi connectivity index (χ3n) is 8.00. The van der Waals surface area contributed by atoms with Gasteiger partial charge in [-0.05, 0) is 107 Å². The smallest absolute Gasteiger partial charge is 0.744 e. The van der Waals surface area contributed by atoms with Crippen LogP contribution < -0.4 is 91.0 Å². The molecule has 308 valence electrons. The van der Waals surface area contributed by atoms with Crippen LogP contribution in [0.5, 0.6) is 0 Å². The Kier molecular flexibility index (Phi) is 17.3. The van der Waals surface area contributed by atoms with Crippen LogP contribution in [0, 0.1) is 0 Å². The summed E-state index contributed by atoms with van der Waals surface area (Å²) >= 11 is 12.2. The molecule has 2 heterocycles. The number of aromatic nitrogens is 6. The van der Waals surface area contributed by atoms with Gasteiger partial charge in [-0.15, -0.1) is 0 Å². The Bertz CT molecular complexity index is 2690. The molecule has 0 aliphatic rings. The molecule has 62 heavy (non-hydrogen) atoms. The van der Waals surface area contributed by atoms with Gasteiger partial charge in [0.25, 0.3) is 11.8 Å². The average Bonchev–Trinajstić information content (AvgIpc) is 3.19. The Morgan fingerprint density at radius 1 is 0.500 bits per heavy atom. The summed E-state index contributed by atoms with van der Waals surface area (Å²) in [5, 5.41) is 15.9. The first-order valence-electron chi connectivity index (χ1n) is 16.9. The normalized spacial score (nSPS) is 11.1. The van der Waals surface area contributed by atoms with E-state index in [9.17, 15) is 35.5 Å². The van der Waals surface area contributed by atoms with Gasteiger partial charge in [0, 0.05) is 48.0 Å². The zero-order valence-electron chi connectivity index (χ0n) is 32.8. The molecule has 6 N–H and O–H groups in total. The van der Waals surface area contributed by atoms with Gasteiger partial charge >= 0.3 is 59.1 Å². The molecule has 6 rings (SSSR count). The number of nitrogens with zero attached hydrogens (tertiary/aromatic N) is 6. The quantitative estimate of drug-likeness (QED) is 0.0436. The van der Waals surface area contributed by atoms with E-state index in [2.05, 4.69) is 61.8 Å². The molecule has 0 fully saturated rings. The summed E-state index contributed by atoms with van der Waals surface area (Å²) < 4.78 is 74.4. The van der Waals surface area contributed by atoms with Crippen LogP contribution >= 0.6 is 23.2 Å². The van der Waals surface area contributed by atoms with Crippen molar-refractivity contribution in [2.75, 3.05) is 35.4 Å². The van der Waals surface area contributed by atoms with Crippen LogP contribution in [0.2, 0.25) is 10.6 Å². The van der Waals surface area contributed by atoms with Crippen LogP contribution in [0.1, 0.15) is 31.8 Å². The molecule has 0 aliphatic carbocycles. The molecule has 0 atom stereocenters. The van der Waals surface area contributed by atoms with Gasteiger partial charge in [-0.25, -0.2) is 16.8 Å². The Morgan fingerprint density at radius 3 is 1.08 bits per heavy atom. The van der Waals surface area contributed by atoms with Crippen molar-refractivity contribution in [3.63, 3.8) is 0 Å². The molecular formula is C36H28Cl2N12Na2O8S2. The van der Waals surface area contributed by atoms with Gasteiger partial charge in [0.05, 0.1) is 9.79 Å². The van der Waals surface area contributed by atoms with E-state index >= 15 is 0 Å². The van der Waals surface area contributed by atoms with E-state index in [1.807, 2.05) is 0 Å². The van der Waals surface area contributed by atoms with E-state index in [4.69, 9.17) is 23.2 Å². The Hall–Kier alpha value is -4.82. The molecule has 2 aromatic heterocycles. The predicted octanol–water partition coefficient (Wildman–Crippen LogP) is -0.956. The first-order valence-corrected chi connectivity index (χ1v) is 20.5. The van der Waals surface area contributed by atoms with Crippen molar-refractivity contribution in [3.05, 3.63) is 118 Å². The molecule has 0 spiro atoms. The second kappa shape index (κ2) is 21.5. The second-order valence-corrected chi connectivity index (χ2v) is 15.4. The molecule has 0 saturated heterocycles. The minimum absolute atomic E-state index is 0. The van der Waals surface area contributed by atoms with Crippen molar-refractivity contribution in [3.8, 4) is 0 Å². The number of hydrogen-bond donors (Lipinski definition) is 6. The van der Waals surface area contributed by atoms with Gasteiger partial charge in [-0.2, -0.15) is 29.9 Å². The summed E-state index contributed by atoms with van der Waals surface area (Å²) in [6.07, 6.45) is 2.29. The summed E-state index contributed by atoms with van der Waals surface area (Å²) in [6.45, 7) is 0. The van der Waals surface area contributed by atoms with Gasteiger partial charge in [-0.3, -0.25) is 9.59 Å². The number of rotatable bonds is 14. The number of carbonyl (C=O) groups excluding carboxylic acids is 2. The molecule has 4 aromatic carbocycles. The summed E-state index contributed by atoms with van der Waals surface area (Å²) in [6, 6.07) is 20.0. The number of benzene rings is 4.